The lowest BCUT2D eigenvalue weighted by atomic mass is 10.0. The smallest absolute Gasteiger partial charge is 0.322 e. The Balaban J connectivity index is 0.00000194. The molecule has 3 saturated heterocycles. The van der Waals surface area contributed by atoms with Crippen molar-refractivity contribution in [2.75, 3.05) is 62.6 Å². The van der Waals surface area contributed by atoms with Crippen LogP contribution in [-0.4, -0.2) is 107 Å². The van der Waals surface area contributed by atoms with Crippen molar-refractivity contribution in [2.24, 2.45) is 5.92 Å². The van der Waals surface area contributed by atoms with Crippen molar-refractivity contribution >= 4 is 41.0 Å². The highest BCUT2D eigenvalue weighted by atomic mass is 32.2. The Labute approximate surface area is 292 Å². The number of likely N-dealkylation sites (tertiary alicyclic amines) is 1. The van der Waals surface area contributed by atoms with Crippen molar-refractivity contribution in [3.63, 3.8) is 0 Å². The number of thioether (sulfide) groups is 1. The first-order valence-electron chi connectivity index (χ1n) is 17.7. The molecule has 0 unspecified atom stereocenters. The molecule has 2 atom stereocenters. The maximum absolute atomic E-state index is 15.7. The Hall–Kier alpha value is -3.31. The van der Waals surface area contributed by atoms with Gasteiger partial charge in [0.1, 0.15) is 11.2 Å². The zero-order valence-electron chi connectivity index (χ0n) is 28.5. The number of carbonyl (C=O) groups is 3. The van der Waals surface area contributed by atoms with Gasteiger partial charge in [-0.05, 0) is 76.5 Å². The quantitative estimate of drug-likeness (QED) is 0.369. The Morgan fingerprint density at radius 2 is 1.67 bits per heavy atom. The maximum atomic E-state index is 15.7. The van der Waals surface area contributed by atoms with Crippen molar-refractivity contribution in [3.05, 3.63) is 59.4 Å². The van der Waals surface area contributed by atoms with E-state index >= 15 is 4.39 Å². The summed E-state index contributed by atoms with van der Waals surface area (Å²) in [6.07, 6.45) is 4.57. The van der Waals surface area contributed by atoms with Crippen LogP contribution in [0.25, 0.3) is 0 Å². The van der Waals surface area contributed by atoms with Crippen LogP contribution in [0.5, 0.6) is 0 Å². The van der Waals surface area contributed by atoms with E-state index in [0.29, 0.717) is 50.6 Å². The number of rotatable bonds is 7. The number of halogens is 1. The third-order valence-corrected chi connectivity index (χ3v) is 12.3. The van der Waals surface area contributed by atoms with E-state index in [-0.39, 0.29) is 51.3 Å². The molecular formula is C37H55FN6O3S. The van der Waals surface area contributed by atoms with Gasteiger partial charge < -0.3 is 24.9 Å². The molecule has 2 aromatic rings. The van der Waals surface area contributed by atoms with Crippen LogP contribution in [0.4, 0.5) is 20.6 Å². The van der Waals surface area contributed by atoms with Gasteiger partial charge in [-0.3, -0.25) is 14.5 Å². The van der Waals surface area contributed by atoms with Crippen molar-refractivity contribution in [2.45, 2.75) is 81.5 Å². The molecule has 0 bridgehead atoms. The summed E-state index contributed by atoms with van der Waals surface area (Å²) < 4.78 is 15.7. The van der Waals surface area contributed by atoms with E-state index in [4.69, 9.17) is 0 Å². The molecule has 1 N–H and O–H groups in total. The number of amides is 4. The van der Waals surface area contributed by atoms with Gasteiger partial charge in [-0.1, -0.05) is 30.3 Å². The molecule has 11 heteroatoms. The molecule has 4 heterocycles. The molecule has 2 aromatic carbocycles. The van der Waals surface area contributed by atoms with Gasteiger partial charge in [-0.2, -0.15) is 0 Å². The van der Waals surface area contributed by atoms with Crippen LogP contribution in [0, 0.1) is 11.7 Å². The number of carbonyl (C=O) groups excluding carboxylic acids is 3. The number of fused-ring (bicyclic) bond motifs is 1. The summed E-state index contributed by atoms with van der Waals surface area (Å²) in [5.41, 5.74) is 3.52. The van der Waals surface area contributed by atoms with Gasteiger partial charge in [0.25, 0.3) is 0 Å². The van der Waals surface area contributed by atoms with Crippen LogP contribution in [-0.2, 0) is 16.0 Å². The molecule has 5 aliphatic rings. The fraction of sp³-hybridized carbons (Fsp3) is 0.595. The first kappa shape index (κ1) is 33.2. The van der Waals surface area contributed by atoms with Crippen molar-refractivity contribution in [1.29, 1.82) is 0 Å². The lowest BCUT2D eigenvalue weighted by Crippen LogP contribution is -2.53. The third-order valence-electron chi connectivity index (χ3n) is 10.9. The zero-order chi connectivity index (χ0) is 33.6. The molecule has 4 fully saturated rings. The summed E-state index contributed by atoms with van der Waals surface area (Å²) in [4.78, 5) is 51.1. The zero-order valence-corrected chi connectivity index (χ0v) is 29.3. The summed E-state index contributed by atoms with van der Waals surface area (Å²) in [7, 11) is 0. The summed E-state index contributed by atoms with van der Waals surface area (Å²) >= 11 is 1.52. The van der Waals surface area contributed by atoms with E-state index in [9.17, 15) is 14.4 Å². The average molecular weight is 683 g/mol. The number of piperazine rings is 1. The fourth-order valence-corrected chi connectivity index (χ4v) is 9.32. The van der Waals surface area contributed by atoms with Crippen LogP contribution < -0.4 is 10.2 Å². The highest BCUT2D eigenvalue weighted by Gasteiger charge is 2.46. The van der Waals surface area contributed by atoms with Crippen LogP contribution >= 0.6 is 11.8 Å². The number of hydrogen-bond acceptors (Lipinski definition) is 6. The molecule has 9 nitrogen and oxygen atoms in total. The monoisotopic (exact) mass is 682 g/mol. The molecule has 1 saturated carbocycles. The number of nitrogens with one attached hydrogen (secondary N) is 1. The van der Waals surface area contributed by atoms with E-state index in [2.05, 4.69) is 42.0 Å². The van der Waals surface area contributed by atoms with E-state index in [1.54, 1.807) is 6.07 Å². The van der Waals surface area contributed by atoms with Crippen LogP contribution in [0.2, 0.25) is 0 Å². The lowest BCUT2D eigenvalue weighted by Gasteiger charge is -2.43. The normalized spacial score (nSPS) is 24.5. The first-order chi connectivity index (χ1) is 23.1. The number of nitrogens with zero attached hydrogens (tertiary/aromatic N) is 5. The number of piperidine rings is 1. The second kappa shape index (κ2) is 13.5. The Morgan fingerprint density at radius 3 is 2.38 bits per heavy atom. The minimum Gasteiger partial charge on any atom is -0.366 e. The number of benzene rings is 2. The van der Waals surface area contributed by atoms with Crippen LogP contribution in [0.15, 0.2) is 42.5 Å². The summed E-state index contributed by atoms with van der Waals surface area (Å²) in [5.74, 6) is 0.202. The third kappa shape index (κ3) is 6.90. The topological polar surface area (TPSA) is 79.4 Å². The first-order valence-corrected chi connectivity index (χ1v) is 18.7. The largest absolute Gasteiger partial charge is 0.366 e. The number of urea groups is 1. The highest BCUT2D eigenvalue weighted by Crippen LogP contribution is 2.49. The molecular weight excluding hydrogens is 628 g/mol. The number of hydrogen-bond donors (Lipinski definition) is 1. The Kier molecular flexibility index (Phi) is 9.36. The maximum Gasteiger partial charge on any atom is 0.322 e. The predicted octanol–water partition coefficient (Wildman–Crippen LogP) is 6.31. The predicted molar refractivity (Wildman–Crippen MR) is 195 cm³/mol. The Bertz CT molecular complexity index is 1550. The van der Waals surface area contributed by atoms with E-state index < -0.39 is 5.25 Å². The molecule has 0 radical (unpaired) electrons. The van der Waals surface area contributed by atoms with E-state index in [1.807, 2.05) is 39.0 Å². The molecule has 1 aliphatic carbocycles. The minimum atomic E-state index is -0.497. The van der Waals surface area contributed by atoms with Crippen LogP contribution in [0.3, 0.4) is 0 Å². The standard InChI is InChI=1S/C37H49FN6O3S.3H2/c1-37(2,3)42-21-19-41(20-22-42)33-28(8-6-9-29(33)38)35-44(24-25-11-12-25)34(46)31(48-35)23-32(45)40-16-14-27(15-17-40)43-18-13-26-7-4-5-10-30(26)39-36(43)47;;;/h4-10,25,27,31,35H,11-24H2,1-3H3,(H,39,47);3*1H/t31-,35-;;;/m0.../s1. The average Bonchev–Trinajstić information content (AvgIpc) is 3.87. The van der Waals surface area contributed by atoms with Crippen molar-refractivity contribution in [3.8, 4) is 0 Å². The van der Waals surface area contributed by atoms with Crippen molar-refractivity contribution in [1.82, 2.24) is 19.6 Å². The molecule has 4 amide bonds. The van der Waals surface area contributed by atoms with Gasteiger partial charge in [0, 0.05) is 85.9 Å². The summed E-state index contributed by atoms with van der Waals surface area (Å²) in [6, 6.07) is 13.2. The molecule has 0 aromatic heterocycles. The SMILES string of the molecule is CC(C)(C)N1CCN(c2c(F)cccc2[C@@H]2S[C@@H](CC(=O)N3CCC(N4CCc5ccccc5NC4=O)CC3)C(=O)N2CC2CC2)CC1.[HH].[HH].[HH]. The lowest BCUT2D eigenvalue weighted by molar-refractivity contribution is -0.137. The van der Waals surface area contributed by atoms with Crippen LogP contribution in [0.1, 0.15) is 73.7 Å². The van der Waals surface area contributed by atoms with Crippen molar-refractivity contribution < 1.29 is 23.1 Å². The molecule has 264 valence electrons. The van der Waals surface area contributed by atoms with Gasteiger partial charge in [0.2, 0.25) is 11.8 Å². The minimum absolute atomic E-state index is 0. The molecule has 4 aliphatic heterocycles. The van der Waals surface area contributed by atoms with Gasteiger partial charge in [0.05, 0.1) is 10.9 Å². The number of para-hydroxylation sites is 2. The fourth-order valence-electron chi connectivity index (χ4n) is 7.85. The van der Waals surface area contributed by atoms with E-state index in [0.717, 1.165) is 62.3 Å². The summed E-state index contributed by atoms with van der Waals surface area (Å²) in [6.45, 7) is 12.2. The van der Waals surface area contributed by atoms with Gasteiger partial charge >= 0.3 is 6.03 Å². The second-order valence-electron chi connectivity index (χ2n) is 15.1. The molecule has 0 spiro atoms. The highest BCUT2D eigenvalue weighted by molar-refractivity contribution is 8.01. The molecule has 48 heavy (non-hydrogen) atoms. The Morgan fingerprint density at radius 1 is 0.938 bits per heavy atom. The number of anilines is 2. The molecule has 7 rings (SSSR count). The van der Waals surface area contributed by atoms with Gasteiger partial charge in [-0.25, -0.2) is 9.18 Å². The van der Waals surface area contributed by atoms with Gasteiger partial charge in [0.15, 0.2) is 0 Å². The second-order valence-corrected chi connectivity index (χ2v) is 16.4. The van der Waals surface area contributed by atoms with E-state index in [1.165, 1.54) is 17.8 Å². The van der Waals surface area contributed by atoms with Gasteiger partial charge in [-0.15, -0.1) is 11.8 Å². The summed E-state index contributed by atoms with van der Waals surface area (Å²) in [5, 5.41) is 2.25.